The minimum absolute atomic E-state index is 0.0228. The molecule has 0 bridgehead atoms. The van der Waals surface area contributed by atoms with Gasteiger partial charge < -0.3 is 10.1 Å². The van der Waals surface area contributed by atoms with Gasteiger partial charge >= 0.3 is 0 Å². The predicted octanol–water partition coefficient (Wildman–Crippen LogP) is 2.43. The van der Waals surface area contributed by atoms with Crippen molar-refractivity contribution in [1.29, 1.82) is 0 Å². The number of hydrogen-bond acceptors (Lipinski definition) is 2. The van der Waals surface area contributed by atoms with Gasteiger partial charge in [-0.2, -0.15) is 0 Å². The lowest BCUT2D eigenvalue weighted by molar-refractivity contribution is 0.0712. The highest BCUT2D eigenvalue weighted by Gasteiger charge is 2.24. The molecule has 4 heteroatoms. The number of nitrogens with one attached hydrogen (secondary N) is 1. The molecule has 1 fully saturated rings. The van der Waals surface area contributed by atoms with Crippen LogP contribution in [0.15, 0.2) is 18.2 Å². The van der Waals surface area contributed by atoms with Gasteiger partial charge in [0.25, 0.3) is 5.91 Å². The maximum atomic E-state index is 13.1. The lowest BCUT2D eigenvalue weighted by Crippen LogP contribution is -2.40. The van der Waals surface area contributed by atoms with Gasteiger partial charge in [0.2, 0.25) is 0 Å². The minimum Gasteiger partial charge on any atom is -0.376 e. The normalized spacial score (nSPS) is 20.7. The van der Waals surface area contributed by atoms with Crippen LogP contribution >= 0.6 is 0 Å². The summed E-state index contributed by atoms with van der Waals surface area (Å²) in [5.41, 5.74) is 0.964. The van der Waals surface area contributed by atoms with Gasteiger partial charge in [-0.3, -0.25) is 4.79 Å². The first kappa shape index (κ1) is 13.0. The van der Waals surface area contributed by atoms with E-state index in [-0.39, 0.29) is 23.9 Å². The number of benzene rings is 1. The summed E-state index contributed by atoms with van der Waals surface area (Å²) in [5, 5.41) is 2.90. The largest absolute Gasteiger partial charge is 0.376 e. The molecule has 98 valence electrons. The van der Waals surface area contributed by atoms with Crippen molar-refractivity contribution in [1.82, 2.24) is 5.32 Å². The molecule has 2 unspecified atom stereocenters. The Morgan fingerprint density at radius 2 is 2.33 bits per heavy atom. The zero-order chi connectivity index (χ0) is 13.1. The quantitative estimate of drug-likeness (QED) is 0.896. The Morgan fingerprint density at radius 3 is 2.94 bits per heavy atom. The van der Waals surface area contributed by atoms with Gasteiger partial charge in [-0.25, -0.2) is 4.39 Å². The number of rotatable bonds is 3. The second-order valence-electron chi connectivity index (χ2n) is 4.78. The van der Waals surface area contributed by atoms with E-state index in [1.165, 1.54) is 12.1 Å². The van der Waals surface area contributed by atoms with Crippen molar-refractivity contribution in [2.24, 2.45) is 0 Å². The fourth-order valence-corrected chi connectivity index (χ4v) is 2.17. The standard InChI is InChI=1S/C14H18FNO2/c1-9-8-11(5-6-12(9)15)14(17)16-10(2)13-4-3-7-18-13/h5-6,8,10,13H,3-4,7H2,1-2H3,(H,16,17). The summed E-state index contributed by atoms with van der Waals surface area (Å²) in [6, 6.07) is 4.36. The molecular weight excluding hydrogens is 233 g/mol. The summed E-state index contributed by atoms with van der Waals surface area (Å²) in [4.78, 5) is 12.0. The van der Waals surface area contributed by atoms with Crippen molar-refractivity contribution in [3.63, 3.8) is 0 Å². The third kappa shape index (κ3) is 2.88. The molecule has 0 aliphatic carbocycles. The Hall–Kier alpha value is -1.42. The van der Waals surface area contributed by atoms with E-state index in [4.69, 9.17) is 4.74 Å². The molecule has 1 amide bonds. The van der Waals surface area contributed by atoms with Crippen LogP contribution in [0.3, 0.4) is 0 Å². The number of hydrogen-bond donors (Lipinski definition) is 1. The average Bonchev–Trinajstić information content (AvgIpc) is 2.86. The maximum absolute atomic E-state index is 13.1. The van der Waals surface area contributed by atoms with E-state index >= 15 is 0 Å². The first-order chi connectivity index (χ1) is 8.58. The molecule has 1 aromatic rings. The fraction of sp³-hybridized carbons (Fsp3) is 0.500. The van der Waals surface area contributed by atoms with Gasteiger partial charge in [0, 0.05) is 12.2 Å². The SMILES string of the molecule is Cc1cc(C(=O)NC(C)C2CCCO2)ccc1F. The Morgan fingerprint density at radius 1 is 1.56 bits per heavy atom. The van der Waals surface area contributed by atoms with Crippen LogP contribution in [0.4, 0.5) is 4.39 Å². The van der Waals surface area contributed by atoms with Crippen molar-refractivity contribution < 1.29 is 13.9 Å². The zero-order valence-electron chi connectivity index (χ0n) is 10.7. The first-order valence-corrected chi connectivity index (χ1v) is 6.26. The van der Waals surface area contributed by atoms with Gasteiger partial charge in [-0.15, -0.1) is 0 Å². The maximum Gasteiger partial charge on any atom is 0.251 e. The molecule has 0 saturated carbocycles. The average molecular weight is 251 g/mol. The molecule has 2 atom stereocenters. The van der Waals surface area contributed by atoms with E-state index in [1.807, 2.05) is 6.92 Å². The summed E-state index contributed by atoms with van der Waals surface area (Å²) in [5.74, 6) is -0.472. The van der Waals surface area contributed by atoms with Crippen LogP contribution in [0.25, 0.3) is 0 Å². The molecule has 0 radical (unpaired) electrons. The number of aryl methyl sites for hydroxylation is 1. The van der Waals surface area contributed by atoms with Crippen LogP contribution in [-0.4, -0.2) is 24.7 Å². The van der Waals surface area contributed by atoms with Crippen molar-refractivity contribution in [3.8, 4) is 0 Å². The monoisotopic (exact) mass is 251 g/mol. The fourth-order valence-electron chi connectivity index (χ4n) is 2.17. The second-order valence-corrected chi connectivity index (χ2v) is 4.78. The van der Waals surface area contributed by atoms with Crippen LogP contribution in [0.5, 0.6) is 0 Å². The molecule has 0 aromatic heterocycles. The highest BCUT2D eigenvalue weighted by atomic mass is 19.1. The Kier molecular flexibility index (Phi) is 3.97. The van der Waals surface area contributed by atoms with Gasteiger partial charge in [-0.05, 0) is 50.5 Å². The molecule has 0 spiro atoms. The van der Waals surface area contributed by atoms with Crippen LogP contribution in [0.1, 0.15) is 35.7 Å². The van der Waals surface area contributed by atoms with E-state index in [2.05, 4.69) is 5.32 Å². The van der Waals surface area contributed by atoms with E-state index < -0.39 is 0 Å². The first-order valence-electron chi connectivity index (χ1n) is 6.26. The topological polar surface area (TPSA) is 38.3 Å². The minimum atomic E-state index is -0.293. The van der Waals surface area contributed by atoms with Crippen molar-refractivity contribution in [3.05, 3.63) is 35.1 Å². The molecule has 1 aliphatic rings. The van der Waals surface area contributed by atoms with Crippen LogP contribution < -0.4 is 5.32 Å². The van der Waals surface area contributed by atoms with Gasteiger partial charge in [0.1, 0.15) is 5.82 Å². The third-order valence-electron chi connectivity index (χ3n) is 3.30. The summed E-state index contributed by atoms with van der Waals surface area (Å²) in [7, 11) is 0. The third-order valence-corrected chi connectivity index (χ3v) is 3.30. The van der Waals surface area contributed by atoms with Crippen molar-refractivity contribution in [2.75, 3.05) is 6.61 Å². The Labute approximate surface area is 106 Å². The van der Waals surface area contributed by atoms with Gasteiger partial charge in [-0.1, -0.05) is 0 Å². The molecular formula is C14H18FNO2. The molecule has 1 N–H and O–H groups in total. The number of carbonyl (C=O) groups excluding carboxylic acids is 1. The molecule has 1 aliphatic heterocycles. The smallest absolute Gasteiger partial charge is 0.251 e. The van der Waals surface area contributed by atoms with Crippen LogP contribution in [0.2, 0.25) is 0 Å². The van der Waals surface area contributed by atoms with Crippen LogP contribution in [0, 0.1) is 12.7 Å². The van der Waals surface area contributed by atoms with Gasteiger partial charge in [0.05, 0.1) is 12.1 Å². The second kappa shape index (κ2) is 5.48. The highest BCUT2D eigenvalue weighted by Crippen LogP contribution is 2.16. The summed E-state index contributed by atoms with van der Waals surface area (Å²) < 4.78 is 18.6. The summed E-state index contributed by atoms with van der Waals surface area (Å²) >= 11 is 0. The number of ether oxygens (including phenoxy) is 1. The summed E-state index contributed by atoms with van der Waals surface area (Å²) in [6.45, 7) is 4.35. The molecule has 2 rings (SSSR count). The predicted molar refractivity (Wildman–Crippen MR) is 67.0 cm³/mol. The zero-order valence-corrected chi connectivity index (χ0v) is 10.7. The molecule has 1 heterocycles. The van der Waals surface area contributed by atoms with E-state index in [0.29, 0.717) is 11.1 Å². The Balaban J connectivity index is 2.00. The van der Waals surface area contributed by atoms with E-state index in [0.717, 1.165) is 19.4 Å². The van der Waals surface area contributed by atoms with Crippen molar-refractivity contribution in [2.45, 2.75) is 38.8 Å². The van der Waals surface area contributed by atoms with Crippen molar-refractivity contribution >= 4 is 5.91 Å². The molecule has 1 saturated heterocycles. The lowest BCUT2D eigenvalue weighted by Gasteiger charge is -2.20. The molecule has 18 heavy (non-hydrogen) atoms. The molecule has 1 aromatic carbocycles. The Bertz CT molecular complexity index is 441. The summed E-state index contributed by atoms with van der Waals surface area (Å²) in [6.07, 6.45) is 2.11. The lowest BCUT2D eigenvalue weighted by atomic mass is 10.1. The number of amides is 1. The van der Waals surface area contributed by atoms with E-state index in [9.17, 15) is 9.18 Å². The number of halogens is 1. The van der Waals surface area contributed by atoms with Crippen LogP contribution in [-0.2, 0) is 4.74 Å². The number of carbonyl (C=O) groups is 1. The molecule has 3 nitrogen and oxygen atoms in total. The highest BCUT2D eigenvalue weighted by molar-refractivity contribution is 5.94. The van der Waals surface area contributed by atoms with Gasteiger partial charge in [0.15, 0.2) is 0 Å². The van der Waals surface area contributed by atoms with E-state index in [1.54, 1.807) is 13.0 Å².